The maximum atomic E-state index is 13.2. The van der Waals surface area contributed by atoms with Crippen molar-refractivity contribution in [3.63, 3.8) is 0 Å². The van der Waals surface area contributed by atoms with E-state index in [1.807, 2.05) is 73.7 Å². The van der Waals surface area contributed by atoms with Crippen molar-refractivity contribution in [2.75, 3.05) is 18.0 Å². The van der Waals surface area contributed by atoms with Crippen molar-refractivity contribution in [2.45, 2.75) is 39.3 Å². The quantitative estimate of drug-likeness (QED) is 0.541. The topological polar surface area (TPSA) is 69.7 Å². The molecule has 3 aromatic carbocycles. The van der Waals surface area contributed by atoms with E-state index in [2.05, 4.69) is 5.32 Å². The monoisotopic (exact) mass is 443 g/mol. The van der Waals surface area contributed by atoms with Crippen LogP contribution in [0.2, 0.25) is 0 Å². The fourth-order valence-corrected chi connectivity index (χ4v) is 4.42. The number of amides is 3. The molecule has 1 unspecified atom stereocenters. The highest BCUT2D eigenvalue weighted by atomic mass is 16.2. The predicted molar refractivity (Wildman–Crippen MR) is 130 cm³/mol. The molecule has 0 saturated carbocycles. The first-order chi connectivity index (χ1) is 16.0. The number of nitrogens with zero attached hydrogens (tertiary/aromatic N) is 2. The first kappa shape index (κ1) is 22.5. The molecular weight excluding hydrogens is 414 g/mol. The van der Waals surface area contributed by atoms with Crippen molar-refractivity contribution >= 4 is 34.2 Å². The Morgan fingerprint density at radius 1 is 1.00 bits per heavy atom. The second-order valence-corrected chi connectivity index (χ2v) is 8.32. The van der Waals surface area contributed by atoms with Crippen LogP contribution in [0.1, 0.15) is 42.6 Å². The van der Waals surface area contributed by atoms with Gasteiger partial charge in [0.1, 0.15) is 6.04 Å². The lowest BCUT2D eigenvalue weighted by molar-refractivity contribution is -0.140. The molecule has 3 aromatic rings. The van der Waals surface area contributed by atoms with Crippen molar-refractivity contribution in [3.05, 3.63) is 77.9 Å². The number of carbonyl (C=O) groups is 3. The Bertz CT molecular complexity index is 1170. The molecule has 0 aliphatic carbocycles. The number of hydrogen-bond acceptors (Lipinski definition) is 3. The van der Waals surface area contributed by atoms with Crippen LogP contribution in [0.5, 0.6) is 0 Å². The molecule has 1 atom stereocenters. The summed E-state index contributed by atoms with van der Waals surface area (Å²) in [6.07, 6.45) is 0.773. The van der Waals surface area contributed by atoms with E-state index in [9.17, 15) is 14.4 Å². The lowest BCUT2D eigenvalue weighted by Gasteiger charge is -2.29. The molecule has 0 spiro atoms. The normalized spacial score (nSPS) is 13.3. The molecule has 1 heterocycles. The molecular formula is C27H29N3O3. The molecule has 3 amide bonds. The molecule has 0 bridgehead atoms. The fraction of sp³-hybridized carbons (Fsp3) is 0.296. The minimum atomic E-state index is -0.580. The first-order valence-electron chi connectivity index (χ1n) is 11.5. The van der Waals surface area contributed by atoms with E-state index in [-0.39, 0.29) is 24.1 Å². The third kappa shape index (κ3) is 4.60. The van der Waals surface area contributed by atoms with Crippen LogP contribution in [0.3, 0.4) is 0 Å². The third-order valence-corrected chi connectivity index (χ3v) is 6.14. The summed E-state index contributed by atoms with van der Waals surface area (Å²) in [5.74, 6) is -0.287. The van der Waals surface area contributed by atoms with Crippen molar-refractivity contribution in [1.82, 2.24) is 10.2 Å². The van der Waals surface area contributed by atoms with Gasteiger partial charge in [-0.1, -0.05) is 54.6 Å². The van der Waals surface area contributed by atoms with E-state index in [4.69, 9.17) is 0 Å². The van der Waals surface area contributed by atoms with Gasteiger partial charge >= 0.3 is 0 Å². The van der Waals surface area contributed by atoms with Crippen LogP contribution in [0, 0.1) is 0 Å². The number of benzene rings is 3. The minimum absolute atomic E-state index is 0.0221. The smallest absolute Gasteiger partial charge is 0.258 e. The van der Waals surface area contributed by atoms with Crippen molar-refractivity contribution in [2.24, 2.45) is 0 Å². The molecule has 6 nitrogen and oxygen atoms in total. The van der Waals surface area contributed by atoms with Crippen molar-refractivity contribution in [1.29, 1.82) is 0 Å². The van der Waals surface area contributed by atoms with Gasteiger partial charge in [0.2, 0.25) is 11.8 Å². The van der Waals surface area contributed by atoms with E-state index < -0.39 is 6.04 Å². The average Bonchev–Trinajstić information content (AvgIpc) is 3.11. The number of rotatable bonds is 9. The lowest BCUT2D eigenvalue weighted by atomic mass is 10.1. The minimum Gasteiger partial charge on any atom is -0.355 e. The molecule has 1 aliphatic heterocycles. The van der Waals surface area contributed by atoms with Gasteiger partial charge in [-0.2, -0.15) is 0 Å². The second kappa shape index (κ2) is 9.86. The summed E-state index contributed by atoms with van der Waals surface area (Å²) in [5.41, 5.74) is 2.58. The third-order valence-electron chi connectivity index (χ3n) is 6.14. The fourth-order valence-electron chi connectivity index (χ4n) is 4.42. The summed E-state index contributed by atoms with van der Waals surface area (Å²) in [6, 6.07) is 20.8. The Balaban J connectivity index is 1.45. The van der Waals surface area contributed by atoms with Crippen molar-refractivity contribution < 1.29 is 14.4 Å². The number of anilines is 1. The van der Waals surface area contributed by atoms with Crippen LogP contribution >= 0.6 is 0 Å². The standard InChI is InChI=1S/C27H29N3O3/c1-3-28-26(32)19(2)30(18-20-10-5-4-6-11-20)24(31)16-9-17-29-23-15-8-13-21-12-7-14-22(25(21)23)27(29)33/h4-8,10-15,19H,3,9,16-18H2,1-2H3,(H,28,32). The van der Waals surface area contributed by atoms with Crippen LogP contribution in [0.15, 0.2) is 66.7 Å². The summed E-state index contributed by atoms with van der Waals surface area (Å²) >= 11 is 0. The molecule has 6 heteroatoms. The largest absolute Gasteiger partial charge is 0.355 e. The Morgan fingerprint density at radius 2 is 1.73 bits per heavy atom. The summed E-state index contributed by atoms with van der Waals surface area (Å²) in [4.78, 5) is 42.0. The summed E-state index contributed by atoms with van der Waals surface area (Å²) in [5, 5.41) is 4.83. The maximum absolute atomic E-state index is 13.2. The van der Waals surface area contributed by atoms with Crippen LogP contribution < -0.4 is 10.2 Å². The second-order valence-electron chi connectivity index (χ2n) is 8.32. The average molecular weight is 444 g/mol. The predicted octanol–water partition coefficient (Wildman–Crippen LogP) is 4.13. The van der Waals surface area contributed by atoms with Gasteiger partial charge in [0.25, 0.3) is 5.91 Å². The van der Waals surface area contributed by atoms with Gasteiger partial charge in [-0.3, -0.25) is 14.4 Å². The van der Waals surface area contributed by atoms with E-state index in [1.165, 1.54) is 0 Å². The van der Waals surface area contributed by atoms with Gasteiger partial charge in [-0.05, 0) is 43.4 Å². The zero-order valence-corrected chi connectivity index (χ0v) is 19.1. The zero-order valence-electron chi connectivity index (χ0n) is 19.1. The zero-order chi connectivity index (χ0) is 23.4. The molecule has 4 rings (SSSR count). The van der Waals surface area contributed by atoms with E-state index in [0.717, 1.165) is 22.0 Å². The van der Waals surface area contributed by atoms with Gasteiger partial charge in [-0.15, -0.1) is 0 Å². The molecule has 0 aromatic heterocycles. The van der Waals surface area contributed by atoms with Gasteiger partial charge in [-0.25, -0.2) is 0 Å². The number of carbonyl (C=O) groups excluding carboxylic acids is 3. The van der Waals surface area contributed by atoms with E-state index in [0.29, 0.717) is 31.6 Å². The molecule has 0 fully saturated rings. The number of nitrogens with one attached hydrogen (secondary N) is 1. The summed E-state index contributed by atoms with van der Waals surface area (Å²) < 4.78 is 0. The Hall–Kier alpha value is -3.67. The maximum Gasteiger partial charge on any atom is 0.258 e. The van der Waals surface area contributed by atoms with Gasteiger partial charge in [0.05, 0.1) is 5.69 Å². The molecule has 170 valence electrons. The number of hydrogen-bond donors (Lipinski definition) is 1. The summed E-state index contributed by atoms with van der Waals surface area (Å²) in [7, 11) is 0. The van der Waals surface area contributed by atoms with Crippen molar-refractivity contribution in [3.8, 4) is 0 Å². The molecule has 0 saturated heterocycles. The van der Waals surface area contributed by atoms with E-state index in [1.54, 1.807) is 16.7 Å². The van der Waals surface area contributed by atoms with Crippen LogP contribution in [0.4, 0.5) is 5.69 Å². The van der Waals surface area contributed by atoms with Crippen LogP contribution in [-0.4, -0.2) is 41.8 Å². The summed E-state index contributed by atoms with van der Waals surface area (Å²) in [6.45, 7) is 4.95. The molecule has 1 aliphatic rings. The molecule has 33 heavy (non-hydrogen) atoms. The van der Waals surface area contributed by atoms with Crippen LogP contribution in [0.25, 0.3) is 10.8 Å². The SMILES string of the molecule is CCNC(=O)C(C)N(Cc1ccccc1)C(=O)CCCN1C(=O)c2cccc3cccc1c23. The highest BCUT2D eigenvalue weighted by molar-refractivity contribution is 6.25. The van der Waals surface area contributed by atoms with E-state index >= 15 is 0 Å². The van der Waals surface area contributed by atoms with Gasteiger partial charge < -0.3 is 15.1 Å². The van der Waals surface area contributed by atoms with Gasteiger partial charge in [0.15, 0.2) is 0 Å². The first-order valence-corrected chi connectivity index (χ1v) is 11.5. The Morgan fingerprint density at radius 3 is 2.45 bits per heavy atom. The lowest BCUT2D eigenvalue weighted by Crippen LogP contribution is -2.47. The number of likely N-dealkylation sites (N-methyl/N-ethyl adjacent to an activating group) is 1. The Kier molecular flexibility index (Phi) is 6.73. The Labute approximate surface area is 194 Å². The highest BCUT2D eigenvalue weighted by Gasteiger charge is 2.30. The molecule has 1 N–H and O–H groups in total. The van der Waals surface area contributed by atoms with Crippen LogP contribution in [-0.2, 0) is 16.1 Å². The molecule has 0 radical (unpaired) electrons. The van der Waals surface area contributed by atoms with Gasteiger partial charge in [0, 0.05) is 37.0 Å². The highest BCUT2D eigenvalue weighted by Crippen LogP contribution is 2.37.